The van der Waals surface area contributed by atoms with Crippen LogP contribution in [-0.2, 0) is 11.3 Å². The number of benzene rings is 1. The number of halogens is 2. The summed E-state index contributed by atoms with van der Waals surface area (Å²) in [5, 5.41) is 4.66. The number of fused-ring (bicyclic) bond motifs is 1. The molecule has 2 aromatic heterocycles. The molecule has 0 fully saturated rings. The molecule has 3 aromatic rings. The molecule has 2 heterocycles. The van der Waals surface area contributed by atoms with Crippen LogP contribution in [0.1, 0.15) is 18.4 Å². The number of aromatic nitrogens is 3. The van der Waals surface area contributed by atoms with E-state index in [1.54, 1.807) is 23.0 Å². The molecule has 7 heteroatoms. The maximum Gasteiger partial charge on any atom is 0.217 e. The summed E-state index contributed by atoms with van der Waals surface area (Å²) in [7, 11) is 0. The molecule has 2 N–H and O–H groups in total. The molecular formula is C17H16ClFN4O. The second kappa shape index (κ2) is 6.57. The molecule has 24 heavy (non-hydrogen) atoms. The lowest BCUT2D eigenvalue weighted by Crippen LogP contribution is -2.12. The zero-order valence-corrected chi connectivity index (χ0v) is 13.8. The summed E-state index contributed by atoms with van der Waals surface area (Å²) < 4.78 is 15.9. The first-order chi connectivity index (χ1) is 11.5. The van der Waals surface area contributed by atoms with Gasteiger partial charge in [0.25, 0.3) is 0 Å². The van der Waals surface area contributed by atoms with Crippen LogP contribution in [0, 0.1) is 12.7 Å². The number of aryl methyl sites for hydroxylation is 2. The van der Waals surface area contributed by atoms with Crippen molar-refractivity contribution in [2.75, 3.05) is 0 Å². The molecule has 0 bridgehead atoms. The van der Waals surface area contributed by atoms with Gasteiger partial charge in [-0.3, -0.25) is 9.48 Å². The molecule has 124 valence electrons. The van der Waals surface area contributed by atoms with E-state index in [1.807, 2.05) is 13.0 Å². The fourth-order valence-corrected chi connectivity index (χ4v) is 2.86. The largest absolute Gasteiger partial charge is 0.370 e. The maximum atomic E-state index is 14.1. The molecule has 0 aliphatic rings. The number of pyridine rings is 1. The van der Waals surface area contributed by atoms with Crippen molar-refractivity contribution in [3.05, 3.63) is 46.9 Å². The molecule has 5 nitrogen and oxygen atoms in total. The van der Waals surface area contributed by atoms with Crippen molar-refractivity contribution in [1.82, 2.24) is 14.8 Å². The van der Waals surface area contributed by atoms with Gasteiger partial charge >= 0.3 is 0 Å². The van der Waals surface area contributed by atoms with E-state index in [1.165, 1.54) is 6.07 Å². The van der Waals surface area contributed by atoms with E-state index in [-0.39, 0.29) is 5.91 Å². The van der Waals surface area contributed by atoms with Crippen LogP contribution in [0.15, 0.2) is 30.5 Å². The number of hydrogen-bond acceptors (Lipinski definition) is 3. The van der Waals surface area contributed by atoms with Gasteiger partial charge in [0.15, 0.2) is 0 Å². The lowest BCUT2D eigenvalue weighted by molar-refractivity contribution is -0.118. The van der Waals surface area contributed by atoms with Crippen molar-refractivity contribution >= 4 is 28.5 Å². The lowest BCUT2D eigenvalue weighted by Gasteiger charge is -2.08. The molecule has 0 saturated heterocycles. The van der Waals surface area contributed by atoms with Gasteiger partial charge in [-0.2, -0.15) is 5.10 Å². The number of rotatable bonds is 5. The van der Waals surface area contributed by atoms with Crippen LogP contribution >= 0.6 is 11.6 Å². The van der Waals surface area contributed by atoms with Gasteiger partial charge in [0.1, 0.15) is 11.3 Å². The van der Waals surface area contributed by atoms with Gasteiger partial charge in [-0.25, -0.2) is 9.37 Å². The highest BCUT2D eigenvalue weighted by atomic mass is 35.5. The van der Waals surface area contributed by atoms with Crippen molar-refractivity contribution in [3.63, 3.8) is 0 Å². The number of carbonyl (C=O) groups excluding carboxylic acids is 1. The standard InChI is InChI=1S/C17H16ClFN4O/c1-10-7-14(12-5-4-11(18)8-13(12)19)22-15-9-21-23(17(10)15)6-2-3-16(20)24/h4-5,7-9H,2-3,6H2,1H3,(H2,20,24). The molecular weight excluding hydrogens is 331 g/mol. The Hall–Kier alpha value is -2.47. The molecule has 0 unspecified atom stereocenters. The first kappa shape index (κ1) is 16.4. The van der Waals surface area contributed by atoms with Crippen molar-refractivity contribution < 1.29 is 9.18 Å². The molecule has 0 saturated carbocycles. The van der Waals surface area contributed by atoms with Crippen LogP contribution in [0.4, 0.5) is 4.39 Å². The summed E-state index contributed by atoms with van der Waals surface area (Å²) in [6.45, 7) is 2.50. The van der Waals surface area contributed by atoms with Gasteiger partial charge in [-0.1, -0.05) is 11.6 Å². The maximum absolute atomic E-state index is 14.1. The second-order valence-electron chi connectivity index (χ2n) is 5.62. The minimum absolute atomic E-state index is 0.307. The number of nitrogens with two attached hydrogens (primary N) is 1. The number of amides is 1. The average molecular weight is 347 g/mol. The van der Waals surface area contributed by atoms with Crippen molar-refractivity contribution in [1.29, 1.82) is 0 Å². The Kier molecular flexibility index (Phi) is 4.49. The zero-order valence-electron chi connectivity index (χ0n) is 13.1. The van der Waals surface area contributed by atoms with E-state index in [2.05, 4.69) is 10.1 Å². The minimum Gasteiger partial charge on any atom is -0.370 e. The van der Waals surface area contributed by atoms with Crippen molar-refractivity contribution in [2.24, 2.45) is 5.73 Å². The summed E-state index contributed by atoms with van der Waals surface area (Å²) in [6.07, 6.45) is 2.56. The predicted octanol–water partition coefficient (Wildman–Crippen LogP) is 3.46. The summed E-state index contributed by atoms with van der Waals surface area (Å²) in [6, 6.07) is 6.34. The number of primary amides is 1. The Bertz CT molecular complexity index is 922. The van der Waals surface area contributed by atoms with Crippen molar-refractivity contribution in [2.45, 2.75) is 26.3 Å². The van der Waals surface area contributed by atoms with Gasteiger partial charge < -0.3 is 5.73 Å². The third kappa shape index (κ3) is 3.23. The Balaban J connectivity index is 1.98. The summed E-state index contributed by atoms with van der Waals surface area (Å²) in [5.74, 6) is -0.746. The fourth-order valence-electron chi connectivity index (χ4n) is 2.71. The first-order valence-electron chi connectivity index (χ1n) is 7.52. The molecule has 1 aromatic carbocycles. The third-order valence-electron chi connectivity index (χ3n) is 3.79. The van der Waals surface area contributed by atoms with Crippen molar-refractivity contribution in [3.8, 4) is 11.3 Å². The summed E-state index contributed by atoms with van der Waals surface area (Å²) >= 11 is 5.80. The van der Waals surface area contributed by atoms with E-state index in [9.17, 15) is 9.18 Å². The van der Waals surface area contributed by atoms with Gasteiger partial charge in [-0.15, -0.1) is 0 Å². The minimum atomic E-state index is -0.414. The van der Waals surface area contributed by atoms with E-state index < -0.39 is 5.82 Å². The van der Waals surface area contributed by atoms with E-state index in [0.29, 0.717) is 41.2 Å². The highest BCUT2D eigenvalue weighted by Gasteiger charge is 2.13. The number of carbonyl (C=O) groups is 1. The van der Waals surface area contributed by atoms with E-state index >= 15 is 0 Å². The lowest BCUT2D eigenvalue weighted by atomic mass is 10.1. The molecule has 1 amide bonds. The normalized spacial score (nSPS) is 11.1. The van der Waals surface area contributed by atoms with Crippen LogP contribution in [0.2, 0.25) is 5.02 Å². The highest BCUT2D eigenvalue weighted by molar-refractivity contribution is 6.30. The van der Waals surface area contributed by atoms with Gasteiger partial charge in [0, 0.05) is 23.6 Å². The Morgan fingerprint density at radius 3 is 2.88 bits per heavy atom. The first-order valence-corrected chi connectivity index (χ1v) is 7.90. The van der Waals surface area contributed by atoms with Gasteiger partial charge in [0.05, 0.1) is 17.4 Å². The predicted molar refractivity (Wildman–Crippen MR) is 91.1 cm³/mol. The SMILES string of the molecule is Cc1cc(-c2ccc(Cl)cc2F)nc2cnn(CCCC(N)=O)c12. The molecule has 0 aliphatic heterocycles. The second-order valence-corrected chi connectivity index (χ2v) is 6.06. The summed E-state index contributed by atoms with van der Waals surface area (Å²) in [5.41, 5.74) is 8.57. The monoisotopic (exact) mass is 346 g/mol. The quantitative estimate of drug-likeness (QED) is 0.768. The van der Waals surface area contributed by atoms with E-state index in [4.69, 9.17) is 17.3 Å². The molecule has 0 radical (unpaired) electrons. The zero-order chi connectivity index (χ0) is 17.3. The third-order valence-corrected chi connectivity index (χ3v) is 4.02. The smallest absolute Gasteiger partial charge is 0.217 e. The molecule has 0 spiro atoms. The van der Waals surface area contributed by atoms with Crippen LogP contribution in [0.3, 0.4) is 0 Å². The Morgan fingerprint density at radius 2 is 2.17 bits per heavy atom. The fraction of sp³-hybridized carbons (Fsp3) is 0.235. The van der Waals surface area contributed by atoms with Crippen LogP contribution < -0.4 is 5.73 Å². The average Bonchev–Trinajstić information content (AvgIpc) is 2.90. The van der Waals surface area contributed by atoms with Crippen LogP contribution in [-0.4, -0.2) is 20.7 Å². The molecule has 3 rings (SSSR count). The van der Waals surface area contributed by atoms with E-state index in [0.717, 1.165) is 11.1 Å². The van der Waals surface area contributed by atoms with Crippen LogP contribution in [0.25, 0.3) is 22.3 Å². The Morgan fingerprint density at radius 1 is 1.38 bits per heavy atom. The highest BCUT2D eigenvalue weighted by Crippen LogP contribution is 2.28. The summed E-state index contributed by atoms with van der Waals surface area (Å²) in [4.78, 5) is 15.4. The molecule has 0 atom stereocenters. The van der Waals surface area contributed by atoms with Gasteiger partial charge in [-0.05, 0) is 43.2 Å². The Labute approximate surface area is 143 Å². The topological polar surface area (TPSA) is 73.8 Å². The van der Waals surface area contributed by atoms with Crippen LogP contribution in [0.5, 0.6) is 0 Å². The number of hydrogen-bond donors (Lipinski definition) is 1. The van der Waals surface area contributed by atoms with Gasteiger partial charge in [0.2, 0.25) is 5.91 Å². The number of nitrogens with zero attached hydrogens (tertiary/aromatic N) is 3. The molecule has 0 aliphatic carbocycles.